The second kappa shape index (κ2) is 8.18. The second-order valence-electron chi connectivity index (χ2n) is 5.72. The monoisotopic (exact) mass is 380 g/mol. The number of aromatic nitrogens is 4. The zero-order chi connectivity index (χ0) is 19.4. The highest BCUT2D eigenvalue weighted by Crippen LogP contribution is 2.31. The zero-order valence-electron chi connectivity index (χ0n) is 16.2. The lowest BCUT2D eigenvalue weighted by Gasteiger charge is -2.09. The van der Waals surface area contributed by atoms with Crippen LogP contribution in [0, 0.1) is 13.8 Å². The van der Waals surface area contributed by atoms with Gasteiger partial charge in [-0.05, 0) is 32.0 Å². The van der Waals surface area contributed by atoms with Crippen LogP contribution in [0.5, 0.6) is 0 Å². The third-order valence-electron chi connectivity index (χ3n) is 3.98. The molecule has 0 bridgehead atoms. The molecule has 0 atom stereocenters. The van der Waals surface area contributed by atoms with Crippen molar-refractivity contribution in [1.29, 1.82) is 0 Å². The van der Waals surface area contributed by atoms with Crippen LogP contribution >= 0.6 is 11.3 Å². The number of anilines is 3. The number of rotatable bonds is 4. The molecule has 2 N–H and O–H groups in total. The Morgan fingerprint density at radius 3 is 2.56 bits per heavy atom. The minimum Gasteiger partial charge on any atom is -0.388 e. The van der Waals surface area contributed by atoms with Crippen molar-refractivity contribution in [3.8, 4) is 10.6 Å². The predicted octanol–water partition coefficient (Wildman–Crippen LogP) is 5.28. The number of thiazole rings is 1. The quantitative estimate of drug-likeness (QED) is 0.504. The van der Waals surface area contributed by atoms with Gasteiger partial charge in [0, 0.05) is 30.8 Å². The zero-order valence-corrected chi connectivity index (χ0v) is 17.1. The highest BCUT2D eigenvalue weighted by atomic mass is 32.1. The molecule has 0 fully saturated rings. The number of nitrogens with zero attached hydrogens (tertiary/aromatic N) is 4. The van der Waals surface area contributed by atoms with Gasteiger partial charge in [0.1, 0.15) is 0 Å². The van der Waals surface area contributed by atoms with E-state index >= 15 is 0 Å². The largest absolute Gasteiger partial charge is 0.388 e. The lowest BCUT2D eigenvalue weighted by atomic mass is 10.3. The summed E-state index contributed by atoms with van der Waals surface area (Å²) in [5.74, 6) is 0.723. The van der Waals surface area contributed by atoms with Crippen molar-refractivity contribution in [3.63, 3.8) is 0 Å². The fraction of sp³-hybridized carbons (Fsp3) is 0.250. The van der Waals surface area contributed by atoms with Crippen LogP contribution in [0.2, 0.25) is 0 Å². The van der Waals surface area contributed by atoms with E-state index in [1.165, 1.54) is 0 Å². The minimum atomic E-state index is 0.723. The number of hydrogen-bond acceptors (Lipinski definition) is 6. The van der Waals surface area contributed by atoms with Crippen LogP contribution in [0.15, 0.2) is 42.9 Å². The number of nitrogens with one attached hydrogen (secondary N) is 2. The van der Waals surface area contributed by atoms with E-state index in [4.69, 9.17) is 0 Å². The summed E-state index contributed by atoms with van der Waals surface area (Å²) in [6, 6.07) is 8.05. The van der Waals surface area contributed by atoms with E-state index < -0.39 is 0 Å². The molecular weight excluding hydrogens is 356 g/mol. The van der Waals surface area contributed by atoms with Gasteiger partial charge in [-0.2, -0.15) is 0 Å². The van der Waals surface area contributed by atoms with Gasteiger partial charge in [-0.25, -0.2) is 15.0 Å². The summed E-state index contributed by atoms with van der Waals surface area (Å²) in [5.41, 5.74) is 4.85. The number of imidazole rings is 1. The molecule has 4 aromatic rings. The van der Waals surface area contributed by atoms with Crippen LogP contribution in [0.1, 0.15) is 24.5 Å². The summed E-state index contributed by atoms with van der Waals surface area (Å²) in [7, 11) is 1.90. The highest BCUT2D eigenvalue weighted by Gasteiger charge is 2.15. The summed E-state index contributed by atoms with van der Waals surface area (Å²) in [6.07, 6.45) is 5.60. The lowest BCUT2D eigenvalue weighted by molar-refractivity contribution is 1.13. The van der Waals surface area contributed by atoms with Gasteiger partial charge in [0.05, 0.1) is 27.5 Å². The van der Waals surface area contributed by atoms with Crippen molar-refractivity contribution in [3.05, 3.63) is 53.6 Å². The van der Waals surface area contributed by atoms with Gasteiger partial charge < -0.3 is 10.6 Å². The first-order valence-electron chi connectivity index (χ1n) is 8.97. The summed E-state index contributed by atoms with van der Waals surface area (Å²) in [5, 5.41) is 7.55. The van der Waals surface area contributed by atoms with E-state index in [0.29, 0.717) is 0 Å². The van der Waals surface area contributed by atoms with Crippen LogP contribution in [-0.2, 0) is 0 Å². The van der Waals surface area contributed by atoms with E-state index in [1.807, 2.05) is 71.4 Å². The fourth-order valence-electron chi connectivity index (χ4n) is 2.83. The Balaban J connectivity index is 0.00000102. The van der Waals surface area contributed by atoms with Crippen LogP contribution in [0.4, 0.5) is 17.2 Å². The van der Waals surface area contributed by atoms with E-state index in [9.17, 15) is 0 Å². The van der Waals surface area contributed by atoms with Gasteiger partial charge in [-0.1, -0.05) is 19.9 Å². The molecule has 0 unspecified atom stereocenters. The fourth-order valence-corrected chi connectivity index (χ4v) is 3.76. The molecule has 27 heavy (non-hydrogen) atoms. The number of hydrogen-bond donors (Lipinski definition) is 2. The van der Waals surface area contributed by atoms with Gasteiger partial charge in [-0.15, -0.1) is 11.3 Å². The minimum absolute atomic E-state index is 0.723. The van der Waals surface area contributed by atoms with Crippen molar-refractivity contribution in [2.24, 2.45) is 0 Å². The molecule has 0 saturated carbocycles. The summed E-state index contributed by atoms with van der Waals surface area (Å²) in [6.45, 7) is 8.05. The smallest absolute Gasteiger partial charge is 0.180 e. The first kappa shape index (κ1) is 18.8. The standard InChI is InChI=1S/C18H18N6S.C2H6/c1-11-16(25-12(2)22-11)15-10-21-18-17(20-7-8-24(15)18)23-14-6-4-5-13(9-14)19-3;1-2/h4-10,19H,1-3H3,(H,20,23);1-2H3. The van der Waals surface area contributed by atoms with E-state index in [0.717, 1.165) is 44.1 Å². The SMILES string of the molecule is CC.CNc1cccc(Nc2nccn3c(-c4sc(C)nc4C)cnc23)c1. The molecule has 6 nitrogen and oxygen atoms in total. The molecule has 7 heteroatoms. The summed E-state index contributed by atoms with van der Waals surface area (Å²) < 4.78 is 2.05. The first-order chi connectivity index (χ1) is 13.2. The third kappa shape index (κ3) is 3.78. The molecule has 1 aromatic carbocycles. The van der Waals surface area contributed by atoms with Crippen molar-refractivity contribution in [2.45, 2.75) is 27.7 Å². The molecule has 0 aliphatic rings. The van der Waals surface area contributed by atoms with Crippen molar-refractivity contribution in [1.82, 2.24) is 19.4 Å². The second-order valence-corrected chi connectivity index (χ2v) is 6.92. The Labute approximate surface area is 163 Å². The lowest BCUT2D eigenvalue weighted by Crippen LogP contribution is -1.99. The number of benzene rings is 1. The van der Waals surface area contributed by atoms with Gasteiger partial charge in [0.15, 0.2) is 11.5 Å². The van der Waals surface area contributed by atoms with Crippen molar-refractivity contribution < 1.29 is 0 Å². The van der Waals surface area contributed by atoms with Crippen LogP contribution in [-0.4, -0.2) is 26.4 Å². The number of aryl methyl sites for hydroxylation is 2. The topological polar surface area (TPSA) is 67.1 Å². The molecule has 0 spiro atoms. The maximum atomic E-state index is 4.59. The van der Waals surface area contributed by atoms with Crippen LogP contribution < -0.4 is 10.6 Å². The molecule has 0 radical (unpaired) electrons. The van der Waals surface area contributed by atoms with E-state index in [2.05, 4.69) is 30.0 Å². The summed E-state index contributed by atoms with van der Waals surface area (Å²) >= 11 is 1.68. The maximum Gasteiger partial charge on any atom is 0.180 e. The highest BCUT2D eigenvalue weighted by molar-refractivity contribution is 7.15. The molecular formula is C20H24N6S. The van der Waals surface area contributed by atoms with Gasteiger partial charge in [0.2, 0.25) is 0 Å². The Bertz CT molecular complexity index is 1050. The van der Waals surface area contributed by atoms with Gasteiger partial charge in [0.25, 0.3) is 0 Å². The Kier molecular flexibility index (Phi) is 5.71. The van der Waals surface area contributed by atoms with Crippen molar-refractivity contribution >= 4 is 34.2 Å². The maximum absolute atomic E-state index is 4.59. The predicted molar refractivity (Wildman–Crippen MR) is 114 cm³/mol. The van der Waals surface area contributed by atoms with Crippen LogP contribution in [0.25, 0.3) is 16.2 Å². The molecule has 0 saturated heterocycles. The number of fused-ring (bicyclic) bond motifs is 1. The molecule has 0 aliphatic heterocycles. The molecule has 3 heterocycles. The Morgan fingerprint density at radius 1 is 1.07 bits per heavy atom. The molecule has 140 valence electrons. The summed E-state index contributed by atoms with van der Waals surface area (Å²) in [4.78, 5) is 14.7. The van der Waals surface area contributed by atoms with Gasteiger partial charge in [-0.3, -0.25) is 4.40 Å². The average Bonchev–Trinajstić information content (AvgIpc) is 3.26. The third-order valence-corrected chi connectivity index (χ3v) is 5.07. The molecule has 3 aromatic heterocycles. The Morgan fingerprint density at radius 2 is 1.85 bits per heavy atom. The van der Waals surface area contributed by atoms with Gasteiger partial charge >= 0.3 is 0 Å². The Hall–Kier alpha value is -2.93. The molecule has 0 amide bonds. The average molecular weight is 381 g/mol. The van der Waals surface area contributed by atoms with Crippen molar-refractivity contribution in [2.75, 3.05) is 17.7 Å². The van der Waals surface area contributed by atoms with Crippen LogP contribution in [0.3, 0.4) is 0 Å². The molecule has 0 aliphatic carbocycles. The molecule has 4 rings (SSSR count). The normalized spacial score (nSPS) is 10.4. The first-order valence-corrected chi connectivity index (χ1v) is 9.78. The van der Waals surface area contributed by atoms with E-state index in [1.54, 1.807) is 17.5 Å². The van der Waals surface area contributed by atoms with E-state index in [-0.39, 0.29) is 0 Å².